The van der Waals surface area contributed by atoms with Crippen molar-refractivity contribution in [2.45, 2.75) is 39.7 Å². The first-order valence-electron chi connectivity index (χ1n) is 6.94. The lowest BCUT2D eigenvalue weighted by atomic mass is 10.0. The third kappa shape index (κ3) is 4.35. The summed E-state index contributed by atoms with van der Waals surface area (Å²) in [5.74, 6) is 2.23. The molecule has 0 fully saturated rings. The highest BCUT2D eigenvalue weighted by atomic mass is 15.1. The Morgan fingerprint density at radius 1 is 1.16 bits per heavy atom. The third-order valence-corrected chi connectivity index (χ3v) is 3.34. The van der Waals surface area contributed by atoms with Crippen LogP contribution in [0, 0.1) is 0 Å². The maximum absolute atomic E-state index is 4.37. The molecule has 2 N–H and O–H groups in total. The summed E-state index contributed by atoms with van der Waals surface area (Å²) < 4.78 is 0. The molecule has 108 valence electrons. The van der Waals surface area contributed by atoms with E-state index in [2.05, 4.69) is 60.2 Å². The van der Waals surface area contributed by atoms with E-state index in [1.165, 1.54) is 0 Å². The molecular weight excluding hydrogens is 238 g/mol. The fourth-order valence-corrected chi connectivity index (χ4v) is 1.89. The summed E-state index contributed by atoms with van der Waals surface area (Å²) in [4.78, 5) is 11.0. The largest absolute Gasteiger partial charge is 0.373 e. The molecule has 0 radical (unpaired) electrons. The second-order valence-corrected chi connectivity index (χ2v) is 5.39. The van der Waals surface area contributed by atoms with Crippen molar-refractivity contribution in [3.05, 3.63) is 11.9 Å². The number of hydrogen-bond acceptors (Lipinski definition) is 5. The van der Waals surface area contributed by atoms with Gasteiger partial charge in [0.1, 0.15) is 18.0 Å². The van der Waals surface area contributed by atoms with E-state index >= 15 is 0 Å². The molecule has 5 heteroatoms. The van der Waals surface area contributed by atoms with Gasteiger partial charge in [-0.05, 0) is 26.8 Å². The highest BCUT2D eigenvalue weighted by molar-refractivity contribution is 5.58. The first-order valence-corrected chi connectivity index (χ1v) is 6.94. The highest BCUT2D eigenvalue weighted by Crippen LogP contribution is 2.27. The highest BCUT2D eigenvalue weighted by Gasteiger charge is 2.14. The van der Waals surface area contributed by atoms with Crippen LogP contribution in [0.2, 0.25) is 0 Å². The molecule has 0 unspecified atom stereocenters. The summed E-state index contributed by atoms with van der Waals surface area (Å²) in [6, 6.07) is 0.560. The van der Waals surface area contributed by atoms with Crippen molar-refractivity contribution in [1.29, 1.82) is 0 Å². The summed E-state index contributed by atoms with van der Waals surface area (Å²) in [5, 5.41) is 6.56. The van der Waals surface area contributed by atoms with Gasteiger partial charge in [-0.1, -0.05) is 13.8 Å². The summed E-state index contributed by atoms with van der Waals surface area (Å²) >= 11 is 0. The minimum absolute atomic E-state index is 0.383. The van der Waals surface area contributed by atoms with Crippen LogP contribution in [0.15, 0.2) is 6.33 Å². The Hall–Kier alpha value is -1.36. The second-order valence-electron chi connectivity index (χ2n) is 5.39. The maximum Gasteiger partial charge on any atom is 0.135 e. The number of aromatic nitrogens is 2. The van der Waals surface area contributed by atoms with Crippen LogP contribution in [-0.4, -0.2) is 48.1 Å². The molecule has 1 heterocycles. The number of hydrogen-bond donors (Lipinski definition) is 2. The molecule has 0 bridgehead atoms. The van der Waals surface area contributed by atoms with Crippen molar-refractivity contribution in [2.24, 2.45) is 0 Å². The molecule has 0 aliphatic carbocycles. The summed E-state index contributed by atoms with van der Waals surface area (Å²) in [5.41, 5.74) is 1.15. The molecule has 1 aromatic heterocycles. The lowest BCUT2D eigenvalue weighted by molar-refractivity contribution is 0.284. The van der Waals surface area contributed by atoms with Gasteiger partial charge < -0.3 is 15.5 Å². The van der Waals surface area contributed by atoms with Crippen molar-refractivity contribution < 1.29 is 0 Å². The van der Waals surface area contributed by atoms with Crippen LogP contribution in [0.3, 0.4) is 0 Å². The number of rotatable bonds is 7. The monoisotopic (exact) mass is 265 g/mol. The summed E-state index contributed by atoms with van der Waals surface area (Å²) in [6.45, 7) is 10.6. The Balaban J connectivity index is 2.73. The normalized spacial score (nSPS) is 11.4. The fourth-order valence-electron chi connectivity index (χ4n) is 1.89. The minimum Gasteiger partial charge on any atom is -0.373 e. The Kier molecular flexibility index (Phi) is 6.02. The lowest BCUT2D eigenvalue weighted by Crippen LogP contribution is -2.31. The standard InChI is InChI=1S/C14H27N5/c1-10(2)12-13(15-5)17-9-18-14(12)16-7-8-19(6)11(3)4/h9-11H,7-8H2,1-6H3,(H2,15,16,17,18). The first-order chi connectivity index (χ1) is 8.97. The van der Waals surface area contributed by atoms with E-state index in [0.29, 0.717) is 12.0 Å². The van der Waals surface area contributed by atoms with Gasteiger partial charge >= 0.3 is 0 Å². The van der Waals surface area contributed by atoms with Gasteiger partial charge in [-0.15, -0.1) is 0 Å². The van der Waals surface area contributed by atoms with Crippen molar-refractivity contribution in [3.63, 3.8) is 0 Å². The lowest BCUT2D eigenvalue weighted by Gasteiger charge is -2.22. The minimum atomic E-state index is 0.383. The van der Waals surface area contributed by atoms with Crippen LogP contribution < -0.4 is 10.6 Å². The molecule has 0 saturated carbocycles. The summed E-state index contributed by atoms with van der Waals surface area (Å²) in [6.07, 6.45) is 1.60. The zero-order valence-corrected chi connectivity index (χ0v) is 13.0. The van der Waals surface area contributed by atoms with Gasteiger partial charge in [-0.3, -0.25) is 0 Å². The van der Waals surface area contributed by atoms with E-state index in [0.717, 1.165) is 30.3 Å². The van der Waals surface area contributed by atoms with Crippen molar-refractivity contribution in [1.82, 2.24) is 14.9 Å². The topological polar surface area (TPSA) is 53.1 Å². The number of nitrogens with zero attached hydrogens (tertiary/aromatic N) is 3. The predicted octanol–water partition coefficient (Wildman–Crippen LogP) is 2.39. The van der Waals surface area contributed by atoms with Gasteiger partial charge in [0.05, 0.1) is 0 Å². The van der Waals surface area contributed by atoms with Crippen LogP contribution in [0.25, 0.3) is 0 Å². The molecule has 0 aliphatic rings. The molecule has 0 aromatic carbocycles. The number of likely N-dealkylation sites (N-methyl/N-ethyl adjacent to an activating group) is 1. The van der Waals surface area contributed by atoms with Gasteiger partial charge in [0.15, 0.2) is 0 Å². The fraction of sp³-hybridized carbons (Fsp3) is 0.714. The molecule has 0 spiro atoms. The molecular formula is C14H27N5. The maximum atomic E-state index is 4.37. The average molecular weight is 265 g/mol. The Morgan fingerprint density at radius 3 is 2.32 bits per heavy atom. The van der Waals surface area contributed by atoms with E-state index in [9.17, 15) is 0 Å². The third-order valence-electron chi connectivity index (χ3n) is 3.34. The SMILES string of the molecule is CNc1ncnc(NCCN(C)C(C)C)c1C(C)C. The van der Waals surface area contributed by atoms with Gasteiger partial charge in [0.2, 0.25) is 0 Å². The predicted molar refractivity (Wildman–Crippen MR) is 81.9 cm³/mol. The molecule has 0 atom stereocenters. The zero-order valence-electron chi connectivity index (χ0n) is 13.0. The Morgan fingerprint density at radius 2 is 1.79 bits per heavy atom. The molecule has 0 saturated heterocycles. The molecule has 0 aliphatic heterocycles. The van der Waals surface area contributed by atoms with E-state index in [4.69, 9.17) is 0 Å². The van der Waals surface area contributed by atoms with Crippen molar-refractivity contribution in [3.8, 4) is 0 Å². The van der Waals surface area contributed by atoms with Crippen LogP contribution in [-0.2, 0) is 0 Å². The molecule has 19 heavy (non-hydrogen) atoms. The van der Waals surface area contributed by atoms with E-state index in [-0.39, 0.29) is 0 Å². The molecule has 1 rings (SSSR count). The summed E-state index contributed by atoms with van der Waals surface area (Å²) in [7, 11) is 4.03. The number of anilines is 2. The van der Waals surface area contributed by atoms with E-state index in [1.54, 1.807) is 6.33 Å². The Labute approximate surface area is 116 Å². The second kappa shape index (κ2) is 7.28. The quantitative estimate of drug-likeness (QED) is 0.793. The van der Waals surface area contributed by atoms with Crippen molar-refractivity contribution in [2.75, 3.05) is 37.8 Å². The van der Waals surface area contributed by atoms with Crippen LogP contribution in [0.1, 0.15) is 39.2 Å². The van der Waals surface area contributed by atoms with Gasteiger partial charge in [-0.2, -0.15) is 0 Å². The van der Waals surface area contributed by atoms with Crippen LogP contribution in [0.5, 0.6) is 0 Å². The van der Waals surface area contributed by atoms with Crippen LogP contribution in [0.4, 0.5) is 11.6 Å². The zero-order chi connectivity index (χ0) is 14.4. The van der Waals surface area contributed by atoms with E-state index < -0.39 is 0 Å². The van der Waals surface area contributed by atoms with E-state index in [1.807, 2.05) is 7.05 Å². The van der Waals surface area contributed by atoms with Crippen molar-refractivity contribution >= 4 is 11.6 Å². The smallest absolute Gasteiger partial charge is 0.135 e. The van der Waals surface area contributed by atoms with Crippen LogP contribution >= 0.6 is 0 Å². The number of nitrogens with one attached hydrogen (secondary N) is 2. The molecule has 5 nitrogen and oxygen atoms in total. The van der Waals surface area contributed by atoms with Gasteiger partial charge in [0.25, 0.3) is 0 Å². The van der Waals surface area contributed by atoms with Gasteiger partial charge in [0, 0.05) is 31.7 Å². The average Bonchev–Trinajstić information content (AvgIpc) is 2.37. The Bertz CT molecular complexity index is 389. The first kappa shape index (κ1) is 15.7. The molecule has 1 aromatic rings. The molecule has 0 amide bonds. The van der Waals surface area contributed by atoms with Gasteiger partial charge in [-0.25, -0.2) is 9.97 Å².